The number of pyridine rings is 1. The standard InChI is InChI=1S/C13H14ClNO/c1-9(16)4-6-11-12(14)7-5-10-3-2-8-15-13(10)11/h2-3,5,7-9,16H,4,6H2,1H3/t9-/m1/s1. The SMILES string of the molecule is C[C@@H](O)CCc1c(Cl)ccc2cccnc12. The number of aliphatic hydroxyl groups excluding tert-OH is 1. The lowest BCUT2D eigenvalue weighted by Crippen LogP contribution is -2.02. The van der Waals surface area contributed by atoms with E-state index in [-0.39, 0.29) is 6.10 Å². The summed E-state index contributed by atoms with van der Waals surface area (Å²) in [5, 5.41) is 11.1. The van der Waals surface area contributed by atoms with Gasteiger partial charge in [0.25, 0.3) is 0 Å². The van der Waals surface area contributed by atoms with Crippen LogP contribution in [0, 0.1) is 0 Å². The zero-order chi connectivity index (χ0) is 11.5. The third kappa shape index (κ3) is 2.34. The van der Waals surface area contributed by atoms with Crippen molar-refractivity contribution in [3.05, 3.63) is 41.0 Å². The highest BCUT2D eigenvalue weighted by Crippen LogP contribution is 2.25. The Morgan fingerprint density at radius 2 is 2.19 bits per heavy atom. The summed E-state index contributed by atoms with van der Waals surface area (Å²) in [6.07, 6.45) is 2.92. The number of rotatable bonds is 3. The van der Waals surface area contributed by atoms with E-state index in [0.29, 0.717) is 6.42 Å². The summed E-state index contributed by atoms with van der Waals surface area (Å²) in [6.45, 7) is 1.78. The predicted octanol–water partition coefficient (Wildman–Crippen LogP) is 3.20. The first kappa shape index (κ1) is 11.4. The van der Waals surface area contributed by atoms with Crippen molar-refractivity contribution in [3.63, 3.8) is 0 Å². The summed E-state index contributed by atoms with van der Waals surface area (Å²) in [7, 11) is 0. The van der Waals surface area contributed by atoms with Crippen molar-refractivity contribution in [2.45, 2.75) is 25.9 Å². The van der Waals surface area contributed by atoms with Gasteiger partial charge in [-0.3, -0.25) is 4.98 Å². The van der Waals surface area contributed by atoms with Crippen LogP contribution in [0.1, 0.15) is 18.9 Å². The number of benzene rings is 1. The van der Waals surface area contributed by atoms with Crippen LogP contribution in [0.5, 0.6) is 0 Å². The Bertz CT molecular complexity index is 496. The highest BCUT2D eigenvalue weighted by atomic mass is 35.5. The second-order valence-corrected chi connectivity index (χ2v) is 4.40. The Hall–Kier alpha value is -1.12. The fourth-order valence-electron chi connectivity index (χ4n) is 1.77. The minimum Gasteiger partial charge on any atom is -0.393 e. The van der Waals surface area contributed by atoms with Gasteiger partial charge >= 0.3 is 0 Å². The number of fused-ring (bicyclic) bond motifs is 1. The molecule has 2 rings (SSSR count). The number of nitrogens with zero attached hydrogens (tertiary/aromatic N) is 1. The lowest BCUT2D eigenvalue weighted by molar-refractivity contribution is 0.185. The molecule has 1 aromatic heterocycles. The number of halogens is 1. The first-order valence-corrected chi connectivity index (χ1v) is 5.76. The summed E-state index contributed by atoms with van der Waals surface area (Å²) in [4.78, 5) is 4.35. The van der Waals surface area contributed by atoms with E-state index in [1.807, 2.05) is 24.3 Å². The van der Waals surface area contributed by atoms with Crippen molar-refractivity contribution in [3.8, 4) is 0 Å². The summed E-state index contributed by atoms with van der Waals surface area (Å²) < 4.78 is 0. The summed E-state index contributed by atoms with van der Waals surface area (Å²) in [5.74, 6) is 0. The van der Waals surface area contributed by atoms with Crippen molar-refractivity contribution in [1.82, 2.24) is 4.98 Å². The van der Waals surface area contributed by atoms with E-state index in [1.165, 1.54) is 0 Å². The molecule has 0 saturated carbocycles. The van der Waals surface area contributed by atoms with Gasteiger partial charge in [-0.05, 0) is 37.5 Å². The van der Waals surface area contributed by atoms with E-state index in [4.69, 9.17) is 11.6 Å². The molecule has 0 amide bonds. The Labute approximate surface area is 99.9 Å². The van der Waals surface area contributed by atoms with Crippen LogP contribution in [0.25, 0.3) is 10.9 Å². The topological polar surface area (TPSA) is 33.1 Å². The van der Waals surface area contributed by atoms with E-state index < -0.39 is 0 Å². The molecule has 1 heterocycles. The average Bonchev–Trinajstić information content (AvgIpc) is 2.27. The lowest BCUT2D eigenvalue weighted by atomic mass is 10.0. The lowest BCUT2D eigenvalue weighted by Gasteiger charge is -2.09. The molecule has 84 valence electrons. The van der Waals surface area contributed by atoms with E-state index in [1.54, 1.807) is 13.1 Å². The molecule has 2 aromatic rings. The predicted molar refractivity (Wildman–Crippen MR) is 66.8 cm³/mol. The summed E-state index contributed by atoms with van der Waals surface area (Å²) in [6, 6.07) is 7.79. The van der Waals surface area contributed by atoms with Gasteiger partial charge in [-0.2, -0.15) is 0 Å². The Balaban J connectivity index is 2.44. The second-order valence-electron chi connectivity index (χ2n) is 3.99. The fraction of sp³-hybridized carbons (Fsp3) is 0.308. The first-order valence-electron chi connectivity index (χ1n) is 5.38. The molecule has 1 N–H and O–H groups in total. The minimum atomic E-state index is -0.310. The molecule has 0 radical (unpaired) electrons. The van der Waals surface area contributed by atoms with Crippen molar-refractivity contribution >= 4 is 22.5 Å². The Kier molecular flexibility index (Phi) is 3.42. The van der Waals surface area contributed by atoms with Gasteiger partial charge in [-0.15, -0.1) is 0 Å². The van der Waals surface area contributed by atoms with Crippen LogP contribution < -0.4 is 0 Å². The Morgan fingerprint density at radius 1 is 1.38 bits per heavy atom. The van der Waals surface area contributed by atoms with Gasteiger partial charge in [0.15, 0.2) is 0 Å². The highest BCUT2D eigenvalue weighted by Gasteiger charge is 2.08. The Morgan fingerprint density at radius 3 is 2.94 bits per heavy atom. The molecule has 0 saturated heterocycles. The van der Waals surface area contributed by atoms with Gasteiger partial charge in [0, 0.05) is 16.6 Å². The maximum absolute atomic E-state index is 9.31. The molecule has 1 atom stereocenters. The summed E-state index contributed by atoms with van der Waals surface area (Å²) in [5.41, 5.74) is 1.97. The summed E-state index contributed by atoms with van der Waals surface area (Å²) >= 11 is 6.17. The average molecular weight is 236 g/mol. The molecule has 0 spiro atoms. The van der Waals surface area contributed by atoms with Gasteiger partial charge in [0.1, 0.15) is 0 Å². The molecule has 2 nitrogen and oxygen atoms in total. The van der Waals surface area contributed by atoms with Crippen LogP contribution in [-0.4, -0.2) is 16.2 Å². The number of hydrogen-bond acceptors (Lipinski definition) is 2. The molecule has 1 aromatic carbocycles. The van der Waals surface area contributed by atoms with Gasteiger partial charge in [-0.25, -0.2) is 0 Å². The molecule has 0 aliphatic heterocycles. The number of aromatic nitrogens is 1. The van der Waals surface area contributed by atoms with Crippen LogP contribution in [0.2, 0.25) is 5.02 Å². The molecular formula is C13H14ClNO. The maximum Gasteiger partial charge on any atom is 0.0748 e. The van der Waals surface area contributed by atoms with Gasteiger partial charge in [0.05, 0.1) is 11.6 Å². The third-order valence-corrected chi connectivity index (χ3v) is 2.99. The van der Waals surface area contributed by atoms with Crippen LogP contribution in [0.3, 0.4) is 0 Å². The minimum absolute atomic E-state index is 0.310. The van der Waals surface area contributed by atoms with Crippen LogP contribution >= 0.6 is 11.6 Å². The van der Waals surface area contributed by atoms with Crippen molar-refractivity contribution < 1.29 is 5.11 Å². The molecule has 0 fully saturated rings. The van der Waals surface area contributed by atoms with Crippen LogP contribution in [0.15, 0.2) is 30.5 Å². The largest absolute Gasteiger partial charge is 0.393 e. The molecule has 0 aliphatic carbocycles. The van der Waals surface area contributed by atoms with E-state index in [2.05, 4.69) is 4.98 Å². The normalized spacial score (nSPS) is 12.9. The molecular weight excluding hydrogens is 222 g/mol. The van der Waals surface area contributed by atoms with Gasteiger partial charge in [-0.1, -0.05) is 23.7 Å². The number of hydrogen-bond donors (Lipinski definition) is 1. The van der Waals surface area contributed by atoms with Gasteiger partial charge < -0.3 is 5.11 Å². The zero-order valence-corrected chi connectivity index (χ0v) is 9.91. The third-order valence-electron chi connectivity index (χ3n) is 2.63. The molecule has 3 heteroatoms. The highest BCUT2D eigenvalue weighted by molar-refractivity contribution is 6.32. The molecule has 0 aliphatic rings. The van der Waals surface area contributed by atoms with E-state index in [9.17, 15) is 5.11 Å². The smallest absolute Gasteiger partial charge is 0.0748 e. The van der Waals surface area contributed by atoms with Gasteiger partial charge in [0.2, 0.25) is 0 Å². The van der Waals surface area contributed by atoms with Crippen LogP contribution in [-0.2, 0) is 6.42 Å². The first-order chi connectivity index (χ1) is 7.68. The number of aryl methyl sites for hydroxylation is 1. The number of aliphatic hydroxyl groups is 1. The van der Waals surface area contributed by atoms with Crippen molar-refractivity contribution in [2.75, 3.05) is 0 Å². The van der Waals surface area contributed by atoms with E-state index in [0.717, 1.165) is 27.9 Å². The quantitative estimate of drug-likeness (QED) is 0.886. The molecule has 16 heavy (non-hydrogen) atoms. The second kappa shape index (κ2) is 4.81. The van der Waals surface area contributed by atoms with E-state index >= 15 is 0 Å². The monoisotopic (exact) mass is 235 g/mol. The zero-order valence-electron chi connectivity index (χ0n) is 9.15. The maximum atomic E-state index is 9.31. The molecule has 0 unspecified atom stereocenters. The van der Waals surface area contributed by atoms with Crippen LogP contribution in [0.4, 0.5) is 0 Å². The fourth-order valence-corrected chi connectivity index (χ4v) is 2.02. The van der Waals surface area contributed by atoms with Crippen molar-refractivity contribution in [1.29, 1.82) is 0 Å². The molecule has 0 bridgehead atoms. The van der Waals surface area contributed by atoms with Crippen molar-refractivity contribution in [2.24, 2.45) is 0 Å².